The third-order valence-electron chi connectivity index (χ3n) is 3.72. The van der Waals surface area contributed by atoms with E-state index in [4.69, 9.17) is 16.9 Å². The largest absolute Gasteiger partial charge is 0.439 e. The Kier molecular flexibility index (Phi) is 5.55. The second-order valence-electron chi connectivity index (χ2n) is 5.31. The maximum absolute atomic E-state index is 11.5. The Morgan fingerprint density at radius 3 is 2.91 bits per heavy atom. The van der Waals surface area contributed by atoms with Gasteiger partial charge in [-0.2, -0.15) is 11.8 Å². The molecule has 8 heteroatoms. The highest BCUT2D eigenvalue weighted by Crippen LogP contribution is 2.33. The Bertz CT molecular complexity index is 505. The lowest BCUT2D eigenvalue weighted by Gasteiger charge is -2.16. The number of urea groups is 1. The number of hydrogen-bond donors (Lipinski definition) is 3. The first-order valence-electron chi connectivity index (χ1n) is 7.15. The number of nitrogens with one attached hydrogen (secondary N) is 2. The van der Waals surface area contributed by atoms with Crippen LogP contribution in [0.1, 0.15) is 25.7 Å². The molecule has 0 aliphatic carbocycles. The summed E-state index contributed by atoms with van der Waals surface area (Å²) in [6, 6.07) is 0.278. The van der Waals surface area contributed by atoms with Crippen LogP contribution in [0, 0.1) is 12.3 Å². The summed E-state index contributed by atoms with van der Waals surface area (Å²) >= 11 is 1.83. The minimum absolute atomic E-state index is 0.101. The van der Waals surface area contributed by atoms with Crippen molar-refractivity contribution in [1.29, 1.82) is 0 Å². The number of fused-ring (bicyclic) bond motifs is 1. The molecule has 0 aromatic carbocycles. The predicted octanol–water partition coefficient (Wildman–Crippen LogP) is -0.257. The number of nitrogens with two attached hydrogens (primary N) is 1. The smallest absolute Gasteiger partial charge is 0.315 e. The Labute approximate surface area is 133 Å². The fourth-order valence-corrected chi connectivity index (χ4v) is 4.17. The number of ether oxygens (including phenoxy) is 1. The van der Waals surface area contributed by atoms with Gasteiger partial charge in [-0.15, -0.1) is 6.42 Å². The van der Waals surface area contributed by atoms with Crippen LogP contribution in [0.5, 0.6) is 0 Å². The van der Waals surface area contributed by atoms with Crippen LogP contribution in [0.4, 0.5) is 4.79 Å². The number of hydrogen-bond acceptors (Lipinski definition) is 5. The number of amides is 3. The van der Waals surface area contributed by atoms with Crippen molar-refractivity contribution in [2.75, 3.05) is 5.75 Å². The van der Waals surface area contributed by atoms with Crippen molar-refractivity contribution in [3.05, 3.63) is 0 Å². The van der Waals surface area contributed by atoms with E-state index in [2.05, 4.69) is 10.6 Å². The molecule has 0 saturated carbocycles. The fourth-order valence-electron chi connectivity index (χ4n) is 2.62. The highest BCUT2D eigenvalue weighted by atomic mass is 32.2. The molecule has 2 saturated heterocycles. The molecule has 2 aliphatic rings. The van der Waals surface area contributed by atoms with Crippen molar-refractivity contribution in [2.24, 2.45) is 5.73 Å². The van der Waals surface area contributed by atoms with E-state index in [9.17, 15) is 14.4 Å². The number of carbonyl (C=O) groups is 3. The normalized spacial score (nSPS) is 27.2. The molecule has 0 aromatic rings. The third kappa shape index (κ3) is 4.07. The molecule has 0 aromatic heterocycles. The molecule has 2 aliphatic heterocycles. The molecule has 4 atom stereocenters. The SMILES string of the molecule is C#CC(OC(=O)CCCC[C@@H]1SC[C@@H]2NC(=O)N[C@@H]21)C(N)=O. The standard InChI is InChI=1S/C14H19N3O4S/c1-2-9(13(15)19)21-11(18)6-4-3-5-10-12-8(7-22-10)16-14(20)17-12/h1,8-10,12H,3-7H2,(H2,15,19)(H2,16,17,20)/t8-,9?,10-,12-/m0/s1. The van der Waals surface area contributed by atoms with Crippen molar-refractivity contribution < 1.29 is 19.1 Å². The van der Waals surface area contributed by atoms with Gasteiger partial charge in [0.15, 0.2) is 0 Å². The molecule has 1 unspecified atom stereocenters. The van der Waals surface area contributed by atoms with Gasteiger partial charge in [-0.25, -0.2) is 4.79 Å². The van der Waals surface area contributed by atoms with Gasteiger partial charge in [-0.05, 0) is 12.8 Å². The average Bonchev–Trinajstić information content (AvgIpc) is 3.00. The van der Waals surface area contributed by atoms with E-state index in [-0.39, 0.29) is 24.5 Å². The zero-order valence-corrected chi connectivity index (χ0v) is 12.9. The molecule has 2 heterocycles. The van der Waals surface area contributed by atoms with E-state index in [0.717, 1.165) is 18.6 Å². The van der Waals surface area contributed by atoms with Gasteiger partial charge in [0.1, 0.15) is 0 Å². The summed E-state index contributed by atoms with van der Waals surface area (Å²) in [4.78, 5) is 33.7. The highest BCUT2D eigenvalue weighted by Gasteiger charge is 2.42. The number of rotatable bonds is 7. The van der Waals surface area contributed by atoms with Crippen LogP contribution in [0.3, 0.4) is 0 Å². The van der Waals surface area contributed by atoms with Gasteiger partial charge < -0.3 is 21.1 Å². The van der Waals surface area contributed by atoms with Gasteiger partial charge in [-0.1, -0.05) is 12.3 Å². The minimum atomic E-state index is -1.29. The molecule has 120 valence electrons. The molecule has 2 fully saturated rings. The van der Waals surface area contributed by atoms with Crippen LogP contribution in [-0.2, 0) is 14.3 Å². The molecular formula is C14H19N3O4S. The van der Waals surface area contributed by atoms with Crippen molar-refractivity contribution in [3.8, 4) is 12.3 Å². The van der Waals surface area contributed by atoms with E-state index in [1.165, 1.54) is 0 Å². The summed E-state index contributed by atoms with van der Waals surface area (Å²) in [6.07, 6.45) is 6.34. The Morgan fingerprint density at radius 2 is 2.23 bits per heavy atom. The van der Waals surface area contributed by atoms with Crippen LogP contribution < -0.4 is 16.4 Å². The first-order valence-corrected chi connectivity index (χ1v) is 8.19. The zero-order valence-electron chi connectivity index (χ0n) is 12.0. The molecule has 4 N–H and O–H groups in total. The molecule has 0 spiro atoms. The maximum Gasteiger partial charge on any atom is 0.315 e. The van der Waals surface area contributed by atoms with E-state index in [1.54, 1.807) is 0 Å². The molecule has 22 heavy (non-hydrogen) atoms. The molecule has 7 nitrogen and oxygen atoms in total. The minimum Gasteiger partial charge on any atom is -0.439 e. The lowest BCUT2D eigenvalue weighted by Crippen LogP contribution is -2.36. The van der Waals surface area contributed by atoms with Crippen molar-refractivity contribution in [1.82, 2.24) is 10.6 Å². The quantitative estimate of drug-likeness (QED) is 0.259. The average molecular weight is 325 g/mol. The van der Waals surface area contributed by atoms with Crippen LogP contribution in [0.2, 0.25) is 0 Å². The third-order valence-corrected chi connectivity index (χ3v) is 5.23. The van der Waals surface area contributed by atoms with Gasteiger partial charge in [0.25, 0.3) is 5.91 Å². The number of terminal acetylenes is 1. The van der Waals surface area contributed by atoms with Gasteiger partial charge >= 0.3 is 12.0 Å². The number of unbranched alkanes of at least 4 members (excludes halogenated alkanes) is 1. The summed E-state index contributed by atoms with van der Waals surface area (Å²) in [6.45, 7) is 0. The summed E-state index contributed by atoms with van der Waals surface area (Å²) in [5.74, 6) is 1.59. The summed E-state index contributed by atoms with van der Waals surface area (Å²) < 4.78 is 4.79. The summed E-state index contributed by atoms with van der Waals surface area (Å²) in [5.41, 5.74) is 4.99. The zero-order chi connectivity index (χ0) is 16.1. The van der Waals surface area contributed by atoms with Crippen molar-refractivity contribution in [3.63, 3.8) is 0 Å². The topological polar surface area (TPSA) is 111 Å². The van der Waals surface area contributed by atoms with Crippen molar-refractivity contribution in [2.45, 2.75) is 49.1 Å². The van der Waals surface area contributed by atoms with Gasteiger partial charge in [0.05, 0.1) is 12.1 Å². The molecule has 3 amide bonds. The Morgan fingerprint density at radius 1 is 1.45 bits per heavy atom. The summed E-state index contributed by atoms with van der Waals surface area (Å²) in [5, 5.41) is 6.18. The fraction of sp³-hybridized carbons (Fsp3) is 0.643. The van der Waals surface area contributed by atoms with Gasteiger partial charge in [0.2, 0.25) is 6.10 Å². The van der Waals surface area contributed by atoms with E-state index >= 15 is 0 Å². The first kappa shape index (κ1) is 16.5. The van der Waals surface area contributed by atoms with Gasteiger partial charge in [0, 0.05) is 17.4 Å². The van der Waals surface area contributed by atoms with Crippen molar-refractivity contribution >= 4 is 29.7 Å². The predicted molar refractivity (Wildman–Crippen MR) is 81.9 cm³/mol. The number of esters is 1. The Hall–Kier alpha value is -1.88. The van der Waals surface area contributed by atoms with Crippen LogP contribution >= 0.6 is 11.8 Å². The second kappa shape index (κ2) is 7.40. The molecule has 0 radical (unpaired) electrons. The van der Waals surface area contributed by atoms with E-state index in [0.29, 0.717) is 11.7 Å². The van der Waals surface area contributed by atoms with E-state index in [1.807, 2.05) is 17.7 Å². The monoisotopic (exact) mass is 325 g/mol. The molecule has 2 rings (SSSR count). The van der Waals surface area contributed by atoms with E-state index < -0.39 is 18.0 Å². The first-order chi connectivity index (χ1) is 10.5. The Balaban J connectivity index is 1.63. The maximum atomic E-state index is 11.5. The molecule has 0 bridgehead atoms. The number of thioether (sulfide) groups is 1. The number of primary amides is 1. The molecular weight excluding hydrogens is 306 g/mol. The van der Waals surface area contributed by atoms with Crippen LogP contribution in [-0.4, -0.2) is 47.1 Å². The lowest BCUT2D eigenvalue weighted by molar-refractivity contribution is -0.151. The van der Waals surface area contributed by atoms with Crippen LogP contribution in [0.15, 0.2) is 0 Å². The summed E-state index contributed by atoms with van der Waals surface area (Å²) in [7, 11) is 0. The number of carbonyl (C=O) groups excluding carboxylic acids is 3. The van der Waals surface area contributed by atoms with Crippen LogP contribution in [0.25, 0.3) is 0 Å². The second-order valence-corrected chi connectivity index (χ2v) is 6.58. The highest BCUT2D eigenvalue weighted by molar-refractivity contribution is 8.00. The lowest BCUT2D eigenvalue weighted by atomic mass is 10.0. The van der Waals surface area contributed by atoms with Gasteiger partial charge in [-0.3, -0.25) is 9.59 Å².